The number of aromatic nitrogens is 2. The molecule has 0 bridgehead atoms. The van der Waals surface area contributed by atoms with Gasteiger partial charge in [0.1, 0.15) is 6.04 Å². The van der Waals surface area contributed by atoms with Crippen LogP contribution >= 0.6 is 15.9 Å². The Balaban J connectivity index is 1.91. The molecule has 8 heteroatoms. The maximum absolute atomic E-state index is 12.7. The average Bonchev–Trinajstić information content (AvgIpc) is 2.87. The fourth-order valence-electron chi connectivity index (χ4n) is 3.50. The van der Waals surface area contributed by atoms with Crippen molar-refractivity contribution in [1.82, 2.24) is 20.0 Å². The van der Waals surface area contributed by atoms with Crippen LogP contribution in [0.15, 0.2) is 4.47 Å². The second-order valence-electron chi connectivity index (χ2n) is 7.35. The van der Waals surface area contributed by atoms with Crippen molar-refractivity contribution in [3.63, 3.8) is 0 Å². The molecule has 1 aromatic heterocycles. The Kier molecular flexibility index (Phi) is 6.85. The lowest BCUT2D eigenvalue weighted by molar-refractivity contribution is -0.134. The van der Waals surface area contributed by atoms with Crippen molar-refractivity contribution >= 4 is 27.7 Å². The van der Waals surface area contributed by atoms with Crippen LogP contribution < -0.4 is 11.1 Å². The summed E-state index contributed by atoms with van der Waals surface area (Å²) in [6.45, 7) is 10.9. The van der Waals surface area contributed by atoms with Crippen LogP contribution in [0.3, 0.4) is 0 Å². The SMILES string of the molecule is Cc1nn(C(C)C(=O)NC(C)C2CCN(C(=O)[C@H](C)N)CC2)c(C)c1Br. The number of nitrogens with zero attached hydrogens (tertiary/aromatic N) is 3. The fraction of sp³-hybridized carbons (Fsp3) is 0.722. The number of aryl methyl sites for hydroxylation is 1. The number of nitrogens with two attached hydrogens (primary N) is 1. The molecule has 26 heavy (non-hydrogen) atoms. The van der Waals surface area contributed by atoms with Gasteiger partial charge in [0.05, 0.1) is 21.9 Å². The Hall–Kier alpha value is -1.41. The fourth-order valence-corrected chi connectivity index (χ4v) is 3.76. The molecule has 1 aliphatic rings. The van der Waals surface area contributed by atoms with E-state index in [0.717, 1.165) is 28.7 Å². The minimum absolute atomic E-state index is 0.00358. The predicted octanol–water partition coefficient (Wildman–Crippen LogP) is 1.91. The zero-order chi connectivity index (χ0) is 19.6. The summed E-state index contributed by atoms with van der Waals surface area (Å²) in [5.74, 6) is 0.323. The van der Waals surface area contributed by atoms with E-state index in [-0.39, 0.29) is 23.9 Å². The molecule has 3 atom stereocenters. The first-order valence-electron chi connectivity index (χ1n) is 9.19. The Morgan fingerprint density at radius 3 is 2.27 bits per heavy atom. The topological polar surface area (TPSA) is 93.2 Å². The molecule has 2 heterocycles. The third-order valence-electron chi connectivity index (χ3n) is 5.30. The molecule has 0 aliphatic carbocycles. The van der Waals surface area contributed by atoms with Crippen molar-refractivity contribution in [2.45, 2.75) is 65.6 Å². The third-order valence-corrected chi connectivity index (χ3v) is 6.45. The van der Waals surface area contributed by atoms with E-state index in [2.05, 4.69) is 26.3 Å². The van der Waals surface area contributed by atoms with Crippen LogP contribution in [-0.2, 0) is 9.59 Å². The quantitative estimate of drug-likeness (QED) is 0.750. The zero-order valence-electron chi connectivity index (χ0n) is 16.3. The first-order chi connectivity index (χ1) is 12.1. The molecule has 2 amide bonds. The van der Waals surface area contributed by atoms with E-state index in [4.69, 9.17) is 5.73 Å². The number of likely N-dealkylation sites (tertiary alicyclic amines) is 1. The van der Waals surface area contributed by atoms with Crippen molar-refractivity contribution < 1.29 is 9.59 Å². The maximum atomic E-state index is 12.7. The van der Waals surface area contributed by atoms with Crippen molar-refractivity contribution in [3.8, 4) is 0 Å². The van der Waals surface area contributed by atoms with E-state index < -0.39 is 6.04 Å². The predicted molar refractivity (Wildman–Crippen MR) is 105 cm³/mol. The van der Waals surface area contributed by atoms with Gasteiger partial charge in [-0.25, -0.2) is 0 Å². The number of carbonyl (C=O) groups excluding carboxylic acids is 2. The van der Waals surface area contributed by atoms with Gasteiger partial charge in [-0.3, -0.25) is 14.3 Å². The molecule has 0 radical (unpaired) electrons. The molecule has 2 rings (SSSR count). The van der Waals surface area contributed by atoms with E-state index >= 15 is 0 Å². The third kappa shape index (κ3) is 4.46. The monoisotopic (exact) mass is 427 g/mol. The molecule has 1 fully saturated rings. The highest BCUT2D eigenvalue weighted by atomic mass is 79.9. The summed E-state index contributed by atoms with van der Waals surface area (Å²) in [7, 11) is 0. The Morgan fingerprint density at radius 1 is 1.23 bits per heavy atom. The summed E-state index contributed by atoms with van der Waals surface area (Å²) in [5.41, 5.74) is 7.50. The minimum Gasteiger partial charge on any atom is -0.352 e. The van der Waals surface area contributed by atoms with E-state index in [1.54, 1.807) is 11.6 Å². The molecule has 1 saturated heterocycles. The average molecular weight is 428 g/mol. The van der Waals surface area contributed by atoms with E-state index in [1.807, 2.05) is 32.6 Å². The van der Waals surface area contributed by atoms with Crippen molar-refractivity contribution in [1.29, 1.82) is 0 Å². The van der Waals surface area contributed by atoms with Gasteiger partial charge in [0.25, 0.3) is 0 Å². The van der Waals surface area contributed by atoms with Gasteiger partial charge < -0.3 is 16.0 Å². The zero-order valence-corrected chi connectivity index (χ0v) is 17.8. The Labute approximate surface area is 163 Å². The summed E-state index contributed by atoms with van der Waals surface area (Å²) in [6.07, 6.45) is 1.75. The van der Waals surface area contributed by atoms with Gasteiger partial charge in [0, 0.05) is 19.1 Å². The van der Waals surface area contributed by atoms with Crippen LogP contribution in [0.1, 0.15) is 51.0 Å². The molecule has 1 aliphatic heterocycles. The molecular formula is C18H30BrN5O2. The van der Waals surface area contributed by atoms with Crippen LogP contribution in [0.25, 0.3) is 0 Å². The van der Waals surface area contributed by atoms with Crippen LogP contribution in [0.2, 0.25) is 0 Å². The number of rotatable bonds is 5. The number of hydrogen-bond acceptors (Lipinski definition) is 4. The minimum atomic E-state index is -0.454. The molecule has 3 N–H and O–H groups in total. The van der Waals surface area contributed by atoms with Crippen LogP contribution in [0.5, 0.6) is 0 Å². The molecule has 146 valence electrons. The lowest BCUT2D eigenvalue weighted by Gasteiger charge is -2.36. The van der Waals surface area contributed by atoms with E-state index in [1.165, 1.54) is 0 Å². The largest absolute Gasteiger partial charge is 0.352 e. The van der Waals surface area contributed by atoms with Gasteiger partial charge in [0.2, 0.25) is 11.8 Å². The van der Waals surface area contributed by atoms with Gasteiger partial charge >= 0.3 is 0 Å². The first-order valence-corrected chi connectivity index (χ1v) is 9.98. The summed E-state index contributed by atoms with van der Waals surface area (Å²) in [5, 5.41) is 7.58. The molecule has 1 aromatic rings. The lowest BCUT2D eigenvalue weighted by atomic mass is 9.90. The lowest BCUT2D eigenvalue weighted by Crippen LogP contribution is -2.49. The van der Waals surface area contributed by atoms with Gasteiger partial charge in [-0.1, -0.05) is 0 Å². The van der Waals surface area contributed by atoms with Crippen LogP contribution in [-0.4, -0.2) is 51.7 Å². The molecule has 2 unspecified atom stereocenters. The van der Waals surface area contributed by atoms with Gasteiger partial charge in [-0.2, -0.15) is 5.10 Å². The van der Waals surface area contributed by atoms with E-state index in [0.29, 0.717) is 19.0 Å². The molecule has 7 nitrogen and oxygen atoms in total. The van der Waals surface area contributed by atoms with Gasteiger partial charge in [-0.05, 0) is 69.3 Å². The van der Waals surface area contributed by atoms with Crippen molar-refractivity contribution in [2.24, 2.45) is 11.7 Å². The van der Waals surface area contributed by atoms with Crippen molar-refractivity contribution in [2.75, 3.05) is 13.1 Å². The van der Waals surface area contributed by atoms with Gasteiger partial charge in [-0.15, -0.1) is 0 Å². The highest BCUT2D eigenvalue weighted by Gasteiger charge is 2.29. The summed E-state index contributed by atoms with van der Waals surface area (Å²) in [6, 6.07) is -0.773. The normalized spacial score (nSPS) is 19.1. The first kappa shape index (κ1) is 20.9. The highest BCUT2D eigenvalue weighted by Crippen LogP contribution is 2.24. The number of halogens is 1. The highest BCUT2D eigenvalue weighted by molar-refractivity contribution is 9.10. The molecule has 0 saturated carbocycles. The molecule has 0 aromatic carbocycles. The number of hydrogen-bond donors (Lipinski definition) is 2. The summed E-state index contributed by atoms with van der Waals surface area (Å²) < 4.78 is 2.70. The molecular weight excluding hydrogens is 398 g/mol. The van der Waals surface area contributed by atoms with Gasteiger partial charge in [0.15, 0.2) is 0 Å². The number of piperidine rings is 1. The number of nitrogens with one attached hydrogen (secondary N) is 1. The summed E-state index contributed by atoms with van der Waals surface area (Å²) in [4.78, 5) is 26.5. The van der Waals surface area contributed by atoms with Crippen LogP contribution in [0.4, 0.5) is 0 Å². The smallest absolute Gasteiger partial charge is 0.244 e. The second-order valence-corrected chi connectivity index (χ2v) is 8.15. The standard InChI is InChI=1S/C18H30BrN5O2/c1-10(20)18(26)23-8-6-15(7-9-23)11(2)21-17(25)14(5)24-13(4)16(19)12(3)22-24/h10-11,14-15H,6-9,20H2,1-5H3,(H,21,25)/t10-,11?,14?/m0/s1. The Bertz CT molecular complexity index is 665. The van der Waals surface area contributed by atoms with Crippen molar-refractivity contribution in [3.05, 3.63) is 15.9 Å². The van der Waals surface area contributed by atoms with Crippen LogP contribution in [0, 0.1) is 19.8 Å². The van der Waals surface area contributed by atoms with E-state index in [9.17, 15) is 9.59 Å². The maximum Gasteiger partial charge on any atom is 0.244 e. The number of carbonyl (C=O) groups is 2. The Morgan fingerprint density at radius 2 is 1.81 bits per heavy atom. The second kappa shape index (κ2) is 8.52. The number of amides is 2. The molecule has 0 spiro atoms. The summed E-state index contributed by atoms with van der Waals surface area (Å²) >= 11 is 3.50.